The molecule has 0 unspecified atom stereocenters. The van der Waals surface area contributed by atoms with Gasteiger partial charge in [0.15, 0.2) is 0 Å². The second-order valence-corrected chi connectivity index (χ2v) is 6.73. The third kappa shape index (κ3) is 2.91. The van der Waals surface area contributed by atoms with Crippen LogP contribution in [-0.4, -0.2) is 29.8 Å². The number of nitrogens with one attached hydrogen (secondary N) is 1. The molecule has 0 bridgehead atoms. The van der Waals surface area contributed by atoms with Gasteiger partial charge in [0.1, 0.15) is 6.04 Å². The molecule has 0 saturated carbocycles. The maximum absolute atomic E-state index is 12.4. The van der Waals surface area contributed by atoms with Crippen LogP contribution < -0.4 is 11.1 Å². The molecule has 2 aliphatic heterocycles. The van der Waals surface area contributed by atoms with E-state index >= 15 is 0 Å². The summed E-state index contributed by atoms with van der Waals surface area (Å²) in [4.78, 5) is 26.6. The fourth-order valence-corrected chi connectivity index (χ4v) is 3.96. The summed E-state index contributed by atoms with van der Waals surface area (Å²) < 4.78 is 0. The molecule has 132 valence electrons. The number of benzene rings is 2. The summed E-state index contributed by atoms with van der Waals surface area (Å²) in [5.74, 6) is -0.361. The smallest absolute Gasteiger partial charge is 0.256 e. The van der Waals surface area contributed by atoms with Crippen LogP contribution in [0.25, 0.3) is 5.57 Å². The van der Waals surface area contributed by atoms with E-state index in [9.17, 15) is 9.59 Å². The van der Waals surface area contributed by atoms with Crippen molar-refractivity contribution in [3.8, 4) is 0 Å². The topological polar surface area (TPSA) is 75.4 Å². The van der Waals surface area contributed by atoms with Crippen LogP contribution in [0.2, 0.25) is 0 Å². The van der Waals surface area contributed by atoms with E-state index < -0.39 is 6.04 Å². The standard InChI is InChI=1S/C21H21N3O2/c22-20(25)19(15-6-2-1-3-7-15)24-12-10-14(11-13-24)18-16-8-4-5-9-17(16)23-21(18)26/h1-9,19H,10-13H2,(H2,22,25)(H,23,26)/t19-/m1/s1. The Balaban J connectivity index is 1.58. The van der Waals surface area contributed by atoms with E-state index in [-0.39, 0.29) is 11.8 Å². The molecule has 2 aromatic carbocycles. The number of carbonyl (C=O) groups excluding carboxylic acids is 2. The largest absolute Gasteiger partial charge is 0.368 e. The summed E-state index contributed by atoms with van der Waals surface area (Å²) in [6.45, 7) is 1.41. The maximum atomic E-state index is 12.4. The molecule has 4 rings (SSSR count). The van der Waals surface area contributed by atoms with E-state index in [1.807, 2.05) is 54.6 Å². The van der Waals surface area contributed by atoms with Gasteiger partial charge in [0, 0.05) is 29.9 Å². The Hall–Kier alpha value is -2.92. The second-order valence-electron chi connectivity index (χ2n) is 6.73. The Labute approximate surface area is 152 Å². The van der Waals surface area contributed by atoms with E-state index in [0.29, 0.717) is 13.1 Å². The zero-order chi connectivity index (χ0) is 18.1. The first-order valence-electron chi connectivity index (χ1n) is 8.86. The maximum Gasteiger partial charge on any atom is 0.256 e. The molecule has 1 saturated heterocycles. The van der Waals surface area contributed by atoms with E-state index in [1.54, 1.807) is 0 Å². The summed E-state index contributed by atoms with van der Waals surface area (Å²) in [5.41, 5.74) is 10.4. The number of amides is 2. The van der Waals surface area contributed by atoms with Crippen molar-refractivity contribution in [2.24, 2.45) is 5.73 Å². The van der Waals surface area contributed by atoms with Gasteiger partial charge in [-0.15, -0.1) is 0 Å². The van der Waals surface area contributed by atoms with Crippen LogP contribution in [0, 0.1) is 0 Å². The van der Waals surface area contributed by atoms with Crippen LogP contribution in [0.1, 0.15) is 30.0 Å². The quantitative estimate of drug-likeness (QED) is 0.838. The number of hydrogen-bond donors (Lipinski definition) is 2. The van der Waals surface area contributed by atoms with Crippen molar-refractivity contribution in [1.82, 2.24) is 4.90 Å². The number of nitrogens with two attached hydrogens (primary N) is 1. The monoisotopic (exact) mass is 347 g/mol. The van der Waals surface area contributed by atoms with Crippen molar-refractivity contribution in [3.05, 3.63) is 71.3 Å². The number of primary amides is 1. The van der Waals surface area contributed by atoms with E-state index in [2.05, 4.69) is 10.2 Å². The lowest BCUT2D eigenvalue weighted by atomic mass is 9.92. The number of anilines is 1. The number of fused-ring (bicyclic) bond motifs is 1. The van der Waals surface area contributed by atoms with Gasteiger partial charge in [0.25, 0.3) is 5.91 Å². The Kier molecular flexibility index (Phi) is 4.31. The zero-order valence-electron chi connectivity index (χ0n) is 14.4. The second kappa shape index (κ2) is 6.77. The number of piperidine rings is 1. The molecule has 3 N–H and O–H groups in total. The first-order valence-corrected chi connectivity index (χ1v) is 8.86. The molecular weight excluding hydrogens is 326 g/mol. The van der Waals surface area contributed by atoms with Crippen molar-refractivity contribution >= 4 is 23.1 Å². The molecule has 0 aliphatic carbocycles. The lowest BCUT2D eigenvalue weighted by Gasteiger charge is -2.34. The average Bonchev–Trinajstić information content (AvgIpc) is 2.99. The van der Waals surface area contributed by atoms with Crippen LogP contribution in [0.5, 0.6) is 0 Å². The summed E-state index contributed by atoms with van der Waals surface area (Å²) >= 11 is 0. The molecule has 0 aromatic heterocycles. The summed E-state index contributed by atoms with van der Waals surface area (Å²) in [5, 5.41) is 2.94. The molecule has 5 heteroatoms. The number of para-hydroxylation sites is 1. The van der Waals surface area contributed by atoms with Gasteiger partial charge in [-0.05, 0) is 24.5 Å². The minimum absolute atomic E-state index is 0.0239. The average molecular weight is 347 g/mol. The Morgan fingerprint density at radius 2 is 1.65 bits per heavy atom. The molecule has 5 nitrogen and oxygen atoms in total. The third-order valence-corrected chi connectivity index (χ3v) is 5.18. The predicted octanol–water partition coefficient (Wildman–Crippen LogP) is 2.71. The van der Waals surface area contributed by atoms with Gasteiger partial charge >= 0.3 is 0 Å². The molecule has 2 heterocycles. The number of likely N-dealkylation sites (tertiary alicyclic amines) is 1. The van der Waals surface area contributed by atoms with Crippen LogP contribution in [0.15, 0.2) is 60.2 Å². The van der Waals surface area contributed by atoms with Crippen LogP contribution in [0.4, 0.5) is 5.69 Å². The van der Waals surface area contributed by atoms with Gasteiger partial charge in [0.05, 0.1) is 0 Å². The minimum atomic E-state index is -0.424. The highest BCUT2D eigenvalue weighted by molar-refractivity contribution is 6.32. The van der Waals surface area contributed by atoms with E-state index in [0.717, 1.165) is 40.8 Å². The van der Waals surface area contributed by atoms with Crippen molar-refractivity contribution in [2.45, 2.75) is 18.9 Å². The minimum Gasteiger partial charge on any atom is -0.368 e. The highest BCUT2D eigenvalue weighted by Gasteiger charge is 2.32. The first-order chi connectivity index (χ1) is 12.6. The van der Waals surface area contributed by atoms with E-state index in [1.165, 1.54) is 0 Å². The number of hydrogen-bond acceptors (Lipinski definition) is 3. The molecule has 1 atom stereocenters. The fourth-order valence-electron chi connectivity index (χ4n) is 3.96. The molecule has 2 amide bonds. The van der Waals surface area contributed by atoms with Gasteiger partial charge in [0.2, 0.25) is 5.91 Å². The molecule has 1 fully saturated rings. The molecule has 0 spiro atoms. The van der Waals surface area contributed by atoms with Gasteiger partial charge in [-0.2, -0.15) is 0 Å². The predicted molar refractivity (Wildman–Crippen MR) is 101 cm³/mol. The fraction of sp³-hybridized carbons (Fsp3) is 0.238. The van der Waals surface area contributed by atoms with E-state index in [4.69, 9.17) is 5.73 Å². The summed E-state index contributed by atoms with van der Waals surface area (Å²) in [7, 11) is 0. The third-order valence-electron chi connectivity index (χ3n) is 5.18. The Morgan fingerprint density at radius 1 is 1.00 bits per heavy atom. The normalized spacial score (nSPS) is 18.4. The van der Waals surface area contributed by atoms with Crippen LogP contribution in [0.3, 0.4) is 0 Å². The number of carbonyl (C=O) groups is 2. The zero-order valence-corrected chi connectivity index (χ0v) is 14.4. The van der Waals surface area contributed by atoms with Gasteiger partial charge in [-0.1, -0.05) is 54.1 Å². The molecule has 2 aromatic rings. The van der Waals surface area contributed by atoms with Crippen LogP contribution >= 0.6 is 0 Å². The molecule has 26 heavy (non-hydrogen) atoms. The molecule has 0 radical (unpaired) electrons. The van der Waals surface area contributed by atoms with Gasteiger partial charge in [-0.25, -0.2) is 0 Å². The van der Waals surface area contributed by atoms with Gasteiger partial charge in [-0.3, -0.25) is 14.5 Å². The lowest BCUT2D eigenvalue weighted by Crippen LogP contribution is -2.41. The highest BCUT2D eigenvalue weighted by atomic mass is 16.2. The lowest BCUT2D eigenvalue weighted by molar-refractivity contribution is -0.123. The highest BCUT2D eigenvalue weighted by Crippen LogP contribution is 2.37. The number of nitrogens with zero attached hydrogens (tertiary/aromatic N) is 1. The van der Waals surface area contributed by atoms with Crippen molar-refractivity contribution in [2.75, 3.05) is 18.4 Å². The van der Waals surface area contributed by atoms with Crippen molar-refractivity contribution < 1.29 is 9.59 Å². The summed E-state index contributed by atoms with van der Waals surface area (Å²) in [6.07, 6.45) is 1.52. The van der Waals surface area contributed by atoms with Crippen LogP contribution in [-0.2, 0) is 9.59 Å². The molecular formula is C21H21N3O2. The van der Waals surface area contributed by atoms with Gasteiger partial charge < -0.3 is 11.1 Å². The first kappa shape index (κ1) is 16.5. The van der Waals surface area contributed by atoms with Crippen molar-refractivity contribution in [1.29, 1.82) is 0 Å². The number of rotatable bonds is 3. The molecule has 2 aliphatic rings. The Bertz CT molecular complexity index is 879. The Morgan fingerprint density at radius 3 is 2.35 bits per heavy atom. The summed E-state index contributed by atoms with van der Waals surface area (Å²) in [6, 6.07) is 17.0. The van der Waals surface area contributed by atoms with Crippen molar-refractivity contribution in [3.63, 3.8) is 0 Å². The SMILES string of the molecule is NC(=O)[C@@H](c1ccccc1)N1CCC(=C2C(=O)Nc3ccccc32)CC1.